The van der Waals surface area contributed by atoms with Crippen molar-refractivity contribution in [3.8, 4) is 11.9 Å². The van der Waals surface area contributed by atoms with Crippen LogP contribution in [0.3, 0.4) is 0 Å². The van der Waals surface area contributed by atoms with E-state index in [0.717, 1.165) is 25.2 Å². The molecule has 1 unspecified atom stereocenters. The molecule has 1 atom stereocenters. The number of guanidine groups is 1. The number of piperidine rings is 1. The van der Waals surface area contributed by atoms with Gasteiger partial charge in [0.15, 0.2) is 6.19 Å². The number of anilines is 1. The molecule has 1 aliphatic heterocycles. The number of carbonyl (C=O) groups excluding carboxylic acids is 1. The number of nitriles is 1. The molecule has 0 bridgehead atoms. The molecule has 1 fully saturated rings. The van der Waals surface area contributed by atoms with Crippen LogP contribution in [-0.2, 0) is 11.0 Å². The molecule has 43 heavy (non-hydrogen) atoms. The minimum absolute atomic E-state index is 0.0786. The van der Waals surface area contributed by atoms with Crippen molar-refractivity contribution in [3.05, 3.63) is 57.6 Å². The zero-order valence-electron chi connectivity index (χ0n) is 23.5. The second-order valence-electron chi connectivity index (χ2n) is 9.78. The normalized spacial score (nSPS) is 15.4. The molecule has 0 radical (unpaired) electrons. The lowest BCUT2D eigenvalue weighted by Crippen LogP contribution is -2.48. The zero-order chi connectivity index (χ0) is 31.7. The highest BCUT2D eigenvalue weighted by atomic mass is 35.5. The van der Waals surface area contributed by atoms with Gasteiger partial charge in [0.25, 0.3) is 0 Å². The van der Waals surface area contributed by atoms with E-state index < -0.39 is 30.3 Å². The van der Waals surface area contributed by atoms with Crippen LogP contribution >= 0.6 is 23.2 Å². The first-order valence-electron chi connectivity index (χ1n) is 13.3. The SMILES string of the molecule is CCN(C(=O)CO)C(CN=C(NC#N)Nc1cc(C(F)(F)F)ccc1OC1CCN(C)CC1)C(=N)c1ccc(Cl)c(Cl)c1. The van der Waals surface area contributed by atoms with E-state index in [2.05, 4.69) is 20.5 Å². The number of aliphatic hydroxyl groups is 1. The Hall–Kier alpha value is -3.57. The number of alkyl halides is 3. The maximum absolute atomic E-state index is 13.6. The van der Waals surface area contributed by atoms with Crippen LogP contribution in [0.5, 0.6) is 5.75 Å². The number of amides is 1. The summed E-state index contributed by atoms with van der Waals surface area (Å²) in [5.74, 6) is -0.780. The van der Waals surface area contributed by atoms with Gasteiger partial charge in [-0.3, -0.25) is 10.1 Å². The summed E-state index contributed by atoms with van der Waals surface area (Å²) in [4.78, 5) is 20.2. The molecule has 10 nitrogen and oxygen atoms in total. The smallest absolute Gasteiger partial charge is 0.416 e. The minimum Gasteiger partial charge on any atom is -0.488 e. The maximum Gasteiger partial charge on any atom is 0.416 e. The van der Waals surface area contributed by atoms with Gasteiger partial charge in [-0.05, 0) is 62.7 Å². The molecule has 2 aromatic rings. The molecular formula is C28H32Cl2F3N7O3. The third-order valence-corrected chi connectivity index (χ3v) is 7.59. The average Bonchev–Trinajstić information content (AvgIpc) is 2.97. The highest BCUT2D eigenvalue weighted by Crippen LogP contribution is 2.36. The molecule has 0 aliphatic carbocycles. The fourth-order valence-corrected chi connectivity index (χ4v) is 4.82. The van der Waals surface area contributed by atoms with E-state index in [4.69, 9.17) is 33.3 Å². The van der Waals surface area contributed by atoms with Gasteiger partial charge in [-0.25, -0.2) is 4.99 Å². The van der Waals surface area contributed by atoms with E-state index in [1.165, 1.54) is 29.2 Å². The summed E-state index contributed by atoms with van der Waals surface area (Å²) in [6.45, 7) is 2.15. The Bertz CT molecular complexity index is 1380. The molecule has 1 amide bonds. The second-order valence-corrected chi connectivity index (χ2v) is 10.6. The van der Waals surface area contributed by atoms with Crippen LogP contribution in [0.4, 0.5) is 18.9 Å². The number of benzene rings is 2. The number of hydrogen-bond acceptors (Lipinski definition) is 7. The Morgan fingerprint density at radius 3 is 2.53 bits per heavy atom. The molecule has 4 N–H and O–H groups in total. The molecule has 2 aromatic carbocycles. The lowest BCUT2D eigenvalue weighted by Gasteiger charge is -2.30. The van der Waals surface area contributed by atoms with Crippen molar-refractivity contribution in [2.75, 3.05) is 45.2 Å². The van der Waals surface area contributed by atoms with Crippen molar-refractivity contribution in [2.24, 2.45) is 4.99 Å². The third kappa shape index (κ3) is 9.21. The fourth-order valence-electron chi connectivity index (χ4n) is 4.52. The van der Waals surface area contributed by atoms with E-state index in [1.54, 1.807) is 13.1 Å². The predicted molar refractivity (Wildman–Crippen MR) is 159 cm³/mol. The highest BCUT2D eigenvalue weighted by molar-refractivity contribution is 6.42. The standard InChI is InChI=1S/C28H32Cl2F3N7O3/c1-3-40(25(42)15-41)23(26(35)17-4-6-20(29)21(30)12-17)14-36-27(37-16-34)38-22-13-18(28(31,32)33)5-7-24(22)43-19-8-10-39(2)11-9-19/h4-7,12-13,19,23,35,41H,3,8-11,14-15H2,1-2H3,(H2,36,37,38). The van der Waals surface area contributed by atoms with Gasteiger partial charge in [-0.2, -0.15) is 18.4 Å². The number of likely N-dealkylation sites (tertiary alicyclic amines) is 1. The van der Waals surface area contributed by atoms with Gasteiger partial charge in [0, 0.05) is 19.6 Å². The van der Waals surface area contributed by atoms with Crippen LogP contribution in [0.15, 0.2) is 41.4 Å². The first-order valence-corrected chi connectivity index (χ1v) is 14.1. The van der Waals surface area contributed by atoms with E-state index in [1.807, 2.05) is 7.05 Å². The molecule has 1 aliphatic rings. The number of likely N-dealkylation sites (N-methyl/N-ethyl adjacent to an activating group) is 1. The topological polar surface area (TPSA) is 137 Å². The number of aliphatic hydroxyl groups excluding tert-OH is 1. The van der Waals surface area contributed by atoms with E-state index in [9.17, 15) is 28.3 Å². The van der Waals surface area contributed by atoms with Crippen molar-refractivity contribution < 1.29 is 27.8 Å². The van der Waals surface area contributed by atoms with Crippen LogP contribution in [-0.4, -0.2) is 84.5 Å². The number of halogens is 5. The van der Waals surface area contributed by atoms with E-state index in [0.29, 0.717) is 18.4 Å². The molecule has 0 saturated carbocycles. The van der Waals surface area contributed by atoms with Gasteiger partial charge in [-0.15, -0.1) is 0 Å². The fraction of sp³-hybridized carbons (Fsp3) is 0.429. The lowest BCUT2D eigenvalue weighted by atomic mass is 10.0. The summed E-state index contributed by atoms with van der Waals surface area (Å²) in [5.41, 5.74) is -0.780. The third-order valence-electron chi connectivity index (χ3n) is 6.85. The van der Waals surface area contributed by atoms with Gasteiger partial charge >= 0.3 is 6.18 Å². The average molecular weight is 643 g/mol. The number of hydrogen-bond donors (Lipinski definition) is 4. The summed E-state index contributed by atoms with van der Waals surface area (Å²) in [7, 11) is 1.97. The summed E-state index contributed by atoms with van der Waals surface area (Å²) < 4.78 is 46.9. The van der Waals surface area contributed by atoms with Crippen molar-refractivity contribution in [3.63, 3.8) is 0 Å². The van der Waals surface area contributed by atoms with Gasteiger partial charge in [0.05, 0.1) is 39.6 Å². The van der Waals surface area contributed by atoms with Crippen molar-refractivity contribution >= 4 is 46.5 Å². The predicted octanol–water partition coefficient (Wildman–Crippen LogP) is 4.60. The molecular weight excluding hydrogens is 610 g/mol. The van der Waals surface area contributed by atoms with Crippen LogP contribution < -0.4 is 15.4 Å². The number of carbonyl (C=O) groups is 1. The Kier molecular flexibility index (Phi) is 12.0. The monoisotopic (exact) mass is 641 g/mol. The van der Waals surface area contributed by atoms with Crippen molar-refractivity contribution in [2.45, 2.75) is 38.1 Å². The van der Waals surface area contributed by atoms with Gasteiger partial charge in [-0.1, -0.05) is 29.3 Å². The first-order chi connectivity index (χ1) is 20.4. The Morgan fingerprint density at radius 2 is 1.95 bits per heavy atom. The molecule has 0 spiro atoms. The van der Waals surface area contributed by atoms with Gasteiger partial charge in [0.1, 0.15) is 18.5 Å². The van der Waals surface area contributed by atoms with Crippen LogP contribution in [0.2, 0.25) is 10.0 Å². The summed E-state index contributed by atoms with van der Waals surface area (Å²) in [6.07, 6.45) is -1.82. The summed E-state index contributed by atoms with van der Waals surface area (Å²) in [5, 5.41) is 33.2. The second kappa shape index (κ2) is 15.2. The minimum atomic E-state index is -4.64. The lowest BCUT2D eigenvalue weighted by molar-refractivity contribution is -0.137. The Morgan fingerprint density at radius 1 is 1.26 bits per heavy atom. The highest BCUT2D eigenvalue weighted by Gasteiger charge is 2.32. The van der Waals surface area contributed by atoms with Crippen molar-refractivity contribution in [1.82, 2.24) is 15.1 Å². The van der Waals surface area contributed by atoms with E-state index in [-0.39, 0.29) is 52.3 Å². The number of rotatable bonds is 10. The number of nitrogens with one attached hydrogen (secondary N) is 3. The Labute approximate surface area is 257 Å². The first kappa shape index (κ1) is 33.9. The van der Waals surface area contributed by atoms with Gasteiger partial charge in [0.2, 0.25) is 11.9 Å². The Balaban J connectivity index is 1.98. The largest absolute Gasteiger partial charge is 0.488 e. The number of ether oxygens (including phenoxy) is 1. The number of nitrogens with zero attached hydrogens (tertiary/aromatic N) is 4. The summed E-state index contributed by atoms with van der Waals surface area (Å²) >= 11 is 12.1. The maximum atomic E-state index is 13.6. The van der Waals surface area contributed by atoms with Crippen molar-refractivity contribution in [1.29, 1.82) is 10.7 Å². The van der Waals surface area contributed by atoms with Crippen LogP contribution in [0, 0.1) is 16.9 Å². The molecule has 0 aromatic heterocycles. The molecule has 1 heterocycles. The molecule has 1 saturated heterocycles. The molecule has 15 heteroatoms. The van der Waals surface area contributed by atoms with Crippen LogP contribution in [0.1, 0.15) is 30.9 Å². The quantitative estimate of drug-likeness (QED) is 0.129. The van der Waals surface area contributed by atoms with E-state index >= 15 is 0 Å². The zero-order valence-corrected chi connectivity index (χ0v) is 25.0. The van der Waals surface area contributed by atoms with Gasteiger partial charge < -0.3 is 30.4 Å². The molecule has 3 rings (SSSR count). The molecule has 232 valence electrons. The van der Waals surface area contributed by atoms with Crippen LogP contribution in [0.25, 0.3) is 0 Å². The number of aliphatic imine (C=N–C) groups is 1. The summed E-state index contributed by atoms with van der Waals surface area (Å²) in [6, 6.07) is 6.42.